The summed E-state index contributed by atoms with van der Waals surface area (Å²) in [5, 5.41) is 0. The summed E-state index contributed by atoms with van der Waals surface area (Å²) in [4.78, 5) is 0. The molecule has 2 heteroatoms. The van der Waals surface area contributed by atoms with Crippen molar-refractivity contribution in [1.82, 2.24) is 6.15 Å². The van der Waals surface area contributed by atoms with Gasteiger partial charge in [0.05, 0.1) is 12.5 Å². The number of hydrogen-bond acceptors (Lipinski definition) is 2. The van der Waals surface area contributed by atoms with Gasteiger partial charge in [-0.15, -0.1) is 0 Å². The van der Waals surface area contributed by atoms with Gasteiger partial charge in [-0.2, -0.15) is 0 Å². The second-order valence-corrected chi connectivity index (χ2v) is 1.18. The number of allylic oxidation sites excluding steroid dienone is 4. The highest BCUT2D eigenvalue weighted by Crippen LogP contribution is 1.88. The van der Waals surface area contributed by atoms with Crippen LogP contribution in [0.15, 0.2) is 36.8 Å². The molecule has 0 atom stereocenters. The summed E-state index contributed by atoms with van der Waals surface area (Å²) in [5.74, 6) is 0. The van der Waals surface area contributed by atoms with E-state index in [1.165, 1.54) is 0 Å². The van der Waals surface area contributed by atoms with Crippen molar-refractivity contribution in [2.75, 3.05) is 0 Å². The van der Waals surface area contributed by atoms with Crippen LogP contribution in [0.1, 0.15) is 0 Å². The summed E-state index contributed by atoms with van der Waals surface area (Å²) in [7, 11) is 0. The molecule has 0 amide bonds. The molecule has 3 N–H and O–H groups in total. The Morgan fingerprint density at radius 2 is 1.25 bits per heavy atom. The van der Waals surface area contributed by atoms with E-state index in [2.05, 4.69) is 0 Å². The van der Waals surface area contributed by atoms with Gasteiger partial charge in [0.25, 0.3) is 0 Å². The minimum Gasteiger partial charge on any atom is -0.473 e. The zero-order valence-corrected chi connectivity index (χ0v) is 4.58. The standard InChI is InChI=1S/C6H6O.H3N/c1-2-4-6-7-5-3-1;/h1-6H;1H3. The van der Waals surface area contributed by atoms with Gasteiger partial charge in [0.1, 0.15) is 0 Å². The molecule has 1 heterocycles. The van der Waals surface area contributed by atoms with E-state index in [0.29, 0.717) is 0 Å². The zero-order valence-electron chi connectivity index (χ0n) is 4.58. The maximum Gasteiger partial charge on any atom is 0.0901 e. The molecule has 0 aromatic heterocycles. The van der Waals surface area contributed by atoms with E-state index < -0.39 is 0 Å². The first-order valence-electron chi connectivity index (χ1n) is 2.14. The van der Waals surface area contributed by atoms with Gasteiger partial charge in [0.2, 0.25) is 0 Å². The molecular formula is C6H9NO. The maximum absolute atomic E-state index is 4.77. The highest BCUT2D eigenvalue weighted by Gasteiger charge is 1.69. The van der Waals surface area contributed by atoms with Crippen molar-refractivity contribution in [3.05, 3.63) is 36.8 Å². The quantitative estimate of drug-likeness (QED) is 0.517. The molecule has 1 aliphatic heterocycles. The van der Waals surface area contributed by atoms with Crippen LogP contribution in [0, 0.1) is 0 Å². The van der Waals surface area contributed by atoms with E-state index in [1.807, 2.05) is 24.3 Å². The number of hydrogen-bond donors (Lipinski definition) is 1. The lowest BCUT2D eigenvalue weighted by atomic mass is 10.5. The first kappa shape index (κ1) is 6.98. The molecule has 0 saturated heterocycles. The Hall–Kier alpha value is -1.02. The van der Waals surface area contributed by atoms with Crippen LogP contribution in [0.25, 0.3) is 0 Å². The summed E-state index contributed by atoms with van der Waals surface area (Å²) in [6.07, 6.45) is 10.7. The molecule has 2 nitrogen and oxygen atoms in total. The fourth-order valence-electron chi connectivity index (χ4n) is 0.355. The molecule has 1 rings (SSSR count). The molecule has 0 unspecified atom stereocenters. The van der Waals surface area contributed by atoms with Gasteiger partial charge in [-0.25, -0.2) is 0 Å². The Balaban J connectivity index is 0.000000490. The van der Waals surface area contributed by atoms with Crippen molar-refractivity contribution in [1.29, 1.82) is 0 Å². The Bertz CT molecular complexity index is 110. The third kappa shape index (κ3) is 2.21. The predicted molar refractivity (Wildman–Crippen MR) is 33.5 cm³/mol. The van der Waals surface area contributed by atoms with E-state index in [4.69, 9.17) is 4.74 Å². The third-order valence-electron chi connectivity index (χ3n) is 0.648. The number of rotatable bonds is 0. The Labute approximate surface area is 48.7 Å². The van der Waals surface area contributed by atoms with Crippen LogP contribution in [0.3, 0.4) is 0 Å². The third-order valence-corrected chi connectivity index (χ3v) is 0.648. The van der Waals surface area contributed by atoms with Gasteiger partial charge in [-0.3, -0.25) is 0 Å². The molecule has 8 heavy (non-hydrogen) atoms. The van der Waals surface area contributed by atoms with Crippen LogP contribution < -0.4 is 6.15 Å². The highest BCUT2D eigenvalue weighted by atomic mass is 16.5. The Morgan fingerprint density at radius 1 is 0.750 bits per heavy atom. The predicted octanol–water partition coefficient (Wildman–Crippen LogP) is 1.76. The van der Waals surface area contributed by atoms with Crippen molar-refractivity contribution < 1.29 is 4.74 Å². The van der Waals surface area contributed by atoms with Gasteiger partial charge in [0.15, 0.2) is 0 Å². The van der Waals surface area contributed by atoms with Crippen molar-refractivity contribution in [3.8, 4) is 0 Å². The molecule has 0 bridgehead atoms. The lowest BCUT2D eigenvalue weighted by molar-refractivity contribution is 0.404. The van der Waals surface area contributed by atoms with Gasteiger partial charge in [-0.05, 0) is 12.2 Å². The molecule has 0 spiro atoms. The minimum absolute atomic E-state index is 0. The van der Waals surface area contributed by atoms with Crippen molar-refractivity contribution in [2.45, 2.75) is 0 Å². The van der Waals surface area contributed by atoms with Crippen LogP contribution in [0.5, 0.6) is 0 Å². The molecule has 0 saturated carbocycles. The molecule has 0 aliphatic carbocycles. The lowest BCUT2D eigenvalue weighted by Gasteiger charge is -1.79. The Kier molecular flexibility index (Phi) is 3.62. The molecule has 1 aliphatic rings. The monoisotopic (exact) mass is 111 g/mol. The summed E-state index contributed by atoms with van der Waals surface area (Å²) in [6.45, 7) is 0. The summed E-state index contributed by atoms with van der Waals surface area (Å²) in [5.41, 5.74) is 0. The summed E-state index contributed by atoms with van der Waals surface area (Å²) >= 11 is 0. The van der Waals surface area contributed by atoms with Crippen LogP contribution in [0.4, 0.5) is 0 Å². The van der Waals surface area contributed by atoms with Crippen molar-refractivity contribution in [2.24, 2.45) is 0 Å². The van der Waals surface area contributed by atoms with Crippen molar-refractivity contribution in [3.63, 3.8) is 0 Å². The highest BCUT2D eigenvalue weighted by molar-refractivity contribution is 5.11. The second kappa shape index (κ2) is 4.15. The molecule has 44 valence electrons. The van der Waals surface area contributed by atoms with Gasteiger partial charge in [-0.1, -0.05) is 12.2 Å². The normalized spacial score (nSPS) is 14.0. The summed E-state index contributed by atoms with van der Waals surface area (Å²) in [6, 6.07) is 0. The number of ether oxygens (including phenoxy) is 1. The molecule has 0 aromatic rings. The van der Waals surface area contributed by atoms with Crippen LogP contribution >= 0.6 is 0 Å². The van der Waals surface area contributed by atoms with Crippen LogP contribution in [0.2, 0.25) is 0 Å². The topological polar surface area (TPSA) is 44.2 Å². The van der Waals surface area contributed by atoms with E-state index >= 15 is 0 Å². The molecule has 0 radical (unpaired) electrons. The molecule has 0 aromatic carbocycles. The van der Waals surface area contributed by atoms with E-state index in [9.17, 15) is 0 Å². The fourth-order valence-corrected chi connectivity index (χ4v) is 0.355. The first-order chi connectivity index (χ1) is 3.50. The van der Waals surface area contributed by atoms with Gasteiger partial charge in [0, 0.05) is 0 Å². The maximum atomic E-state index is 4.77. The second-order valence-electron chi connectivity index (χ2n) is 1.18. The fraction of sp³-hybridized carbons (Fsp3) is 0. The van der Waals surface area contributed by atoms with E-state index in [-0.39, 0.29) is 6.15 Å². The van der Waals surface area contributed by atoms with Gasteiger partial charge >= 0.3 is 0 Å². The minimum atomic E-state index is 0. The van der Waals surface area contributed by atoms with Crippen molar-refractivity contribution >= 4 is 0 Å². The lowest BCUT2D eigenvalue weighted by Crippen LogP contribution is -1.56. The van der Waals surface area contributed by atoms with E-state index in [1.54, 1.807) is 12.5 Å². The van der Waals surface area contributed by atoms with Gasteiger partial charge < -0.3 is 10.9 Å². The largest absolute Gasteiger partial charge is 0.473 e. The van der Waals surface area contributed by atoms with Crippen LogP contribution in [-0.2, 0) is 4.74 Å². The summed E-state index contributed by atoms with van der Waals surface area (Å²) < 4.78 is 4.77. The average molecular weight is 111 g/mol. The van der Waals surface area contributed by atoms with E-state index in [0.717, 1.165) is 0 Å². The average Bonchev–Trinajstić information content (AvgIpc) is 1.90. The molecule has 0 fully saturated rings. The first-order valence-corrected chi connectivity index (χ1v) is 2.14. The SMILES string of the molecule is C1=CC=COC=C1.N. The van der Waals surface area contributed by atoms with Crippen LogP contribution in [-0.4, -0.2) is 0 Å². The molecular weight excluding hydrogens is 102 g/mol. The Morgan fingerprint density at radius 3 is 1.75 bits per heavy atom. The smallest absolute Gasteiger partial charge is 0.0901 e. The zero-order chi connectivity index (χ0) is 4.95.